The number of carbonyl (C=O) groups is 2. The third kappa shape index (κ3) is 9.04. The van der Waals surface area contributed by atoms with E-state index in [0.717, 1.165) is 28.0 Å². The molecule has 218 valence electrons. The van der Waals surface area contributed by atoms with Crippen LogP contribution in [0.1, 0.15) is 41.1 Å². The molecule has 0 unspecified atom stereocenters. The van der Waals surface area contributed by atoms with Gasteiger partial charge in [-0.25, -0.2) is 9.59 Å². The average molecular weight is 581 g/mol. The van der Waals surface area contributed by atoms with Gasteiger partial charge >= 0.3 is 12.0 Å². The number of hydrogen-bond donors (Lipinski definition) is 4. The number of aliphatic hydroxyl groups excluding tert-OH is 2. The Labute approximate surface area is 244 Å². The predicted molar refractivity (Wildman–Crippen MR) is 157 cm³/mol. The number of aliphatic hydroxyl groups is 2. The largest absolute Gasteiger partial charge is 0.467 e. The molecule has 1 saturated heterocycles. The van der Waals surface area contributed by atoms with Crippen molar-refractivity contribution in [1.82, 2.24) is 5.32 Å². The van der Waals surface area contributed by atoms with Crippen LogP contribution in [0.4, 0.5) is 10.5 Å². The fourth-order valence-electron chi connectivity index (χ4n) is 4.54. The lowest BCUT2D eigenvalue weighted by molar-refractivity contribution is -0.245. The van der Waals surface area contributed by atoms with E-state index in [1.165, 1.54) is 7.11 Å². The van der Waals surface area contributed by atoms with Crippen molar-refractivity contribution in [1.29, 1.82) is 0 Å². The molecule has 10 heteroatoms. The maximum atomic E-state index is 12.7. The second-order valence-electron chi connectivity index (χ2n) is 9.63. The number of methoxy groups -OCH3 is 1. The fraction of sp³-hybridized carbons (Fsp3) is 0.355. The number of nitrogens with one attached hydrogen (secondary N) is 2. The summed E-state index contributed by atoms with van der Waals surface area (Å²) in [6.45, 7) is 0.0881. The van der Waals surface area contributed by atoms with E-state index in [-0.39, 0.29) is 25.4 Å². The average Bonchev–Trinajstić information content (AvgIpc) is 3.01. The molecule has 2 amide bonds. The molecule has 4 N–H and O–H groups in total. The van der Waals surface area contributed by atoms with Crippen LogP contribution in [0.2, 0.25) is 0 Å². The SMILES string of the molecule is COC(=O)[C@H](Cc1ccccc1)NC(=O)Nc1ccc([C@H]2O[C@@H](CSCCO)C[C@@H](c3ccc(CO)cc3)O2)cc1. The summed E-state index contributed by atoms with van der Waals surface area (Å²) in [7, 11) is 1.29. The van der Waals surface area contributed by atoms with E-state index >= 15 is 0 Å². The van der Waals surface area contributed by atoms with Crippen LogP contribution < -0.4 is 10.6 Å². The number of ether oxygens (including phenoxy) is 3. The molecule has 0 aliphatic carbocycles. The molecule has 3 aromatic carbocycles. The van der Waals surface area contributed by atoms with Crippen molar-refractivity contribution in [2.75, 3.05) is 30.5 Å². The van der Waals surface area contributed by atoms with E-state index in [4.69, 9.17) is 14.2 Å². The zero-order chi connectivity index (χ0) is 29.0. The van der Waals surface area contributed by atoms with Gasteiger partial charge in [0.2, 0.25) is 0 Å². The summed E-state index contributed by atoms with van der Waals surface area (Å²) >= 11 is 1.63. The smallest absolute Gasteiger partial charge is 0.328 e. The summed E-state index contributed by atoms with van der Waals surface area (Å²) in [5.74, 6) is 0.819. The number of esters is 1. The molecule has 3 aromatic rings. The van der Waals surface area contributed by atoms with Gasteiger partial charge in [-0.05, 0) is 28.8 Å². The quantitative estimate of drug-likeness (QED) is 0.184. The normalized spacial score (nSPS) is 19.2. The Balaban J connectivity index is 1.41. The molecule has 1 heterocycles. The Morgan fingerprint density at radius 1 is 0.951 bits per heavy atom. The van der Waals surface area contributed by atoms with Crippen LogP contribution in [0.25, 0.3) is 0 Å². The maximum absolute atomic E-state index is 12.7. The van der Waals surface area contributed by atoms with E-state index in [9.17, 15) is 19.8 Å². The lowest BCUT2D eigenvalue weighted by Gasteiger charge is -2.36. The summed E-state index contributed by atoms with van der Waals surface area (Å²) in [6.07, 6.45) is 0.0551. The first-order chi connectivity index (χ1) is 20.0. The number of rotatable bonds is 12. The standard InChI is InChI=1S/C31H36N2O7S/c1-38-29(36)27(17-21-5-3-2-4-6-21)33-31(37)32-25-13-11-24(12-14-25)30-39-26(20-41-16-15-34)18-28(40-30)23-9-7-22(19-35)8-10-23/h2-14,26-28,30,34-35H,15-20H2,1H3,(H2,32,33,37)/t26-,27+,28+,30+/m1/s1. The molecule has 41 heavy (non-hydrogen) atoms. The molecule has 0 saturated carbocycles. The van der Waals surface area contributed by atoms with Gasteiger partial charge in [0.15, 0.2) is 6.29 Å². The van der Waals surface area contributed by atoms with Crippen LogP contribution in [0.15, 0.2) is 78.9 Å². The van der Waals surface area contributed by atoms with Gasteiger partial charge < -0.3 is 35.1 Å². The highest BCUT2D eigenvalue weighted by molar-refractivity contribution is 7.99. The summed E-state index contributed by atoms with van der Waals surface area (Å²) in [5, 5.41) is 24.0. The number of hydrogen-bond acceptors (Lipinski definition) is 8. The number of anilines is 1. The maximum Gasteiger partial charge on any atom is 0.328 e. The van der Waals surface area contributed by atoms with Crippen molar-refractivity contribution >= 4 is 29.4 Å². The molecule has 4 atom stereocenters. The molecular weight excluding hydrogens is 544 g/mol. The van der Waals surface area contributed by atoms with Crippen LogP contribution in [-0.4, -0.2) is 59.6 Å². The zero-order valence-corrected chi connectivity index (χ0v) is 23.7. The van der Waals surface area contributed by atoms with Gasteiger partial charge in [0.05, 0.1) is 32.5 Å². The van der Waals surface area contributed by atoms with Crippen LogP contribution in [0, 0.1) is 0 Å². The highest BCUT2D eigenvalue weighted by atomic mass is 32.2. The Morgan fingerprint density at radius 3 is 2.32 bits per heavy atom. The minimum absolute atomic E-state index is 0.0211. The molecule has 1 aliphatic rings. The van der Waals surface area contributed by atoms with E-state index in [1.54, 1.807) is 23.9 Å². The van der Waals surface area contributed by atoms with Crippen molar-refractivity contribution in [3.63, 3.8) is 0 Å². The zero-order valence-electron chi connectivity index (χ0n) is 22.9. The second-order valence-corrected chi connectivity index (χ2v) is 10.8. The van der Waals surface area contributed by atoms with Gasteiger partial charge in [-0.15, -0.1) is 0 Å². The number of amides is 2. The number of urea groups is 1. The first-order valence-electron chi connectivity index (χ1n) is 13.5. The van der Waals surface area contributed by atoms with Gasteiger partial charge in [0.1, 0.15) is 6.04 Å². The number of carbonyl (C=O) groups excluding carboxylic acids is 2. The van der Waals surface area contributed by atoms with Crippen molar-refractivity contribution in [2.24, 2.45) is 0 Å². The van der Waals surface area contributed by atoms with Crippen LogP contribution >= 0.6 is 11.8 Å². The topological polar surface area (TPSA) is 126 Å². The molecule has 0 aromatic heterocycles. The van der Waals surface area contributed by atoms with E-state index < -0.39 is 24.3 Å². The molecule has 0 radical (unpaired) electrons. The third-order valence-corrected chi connectivity index (χ3v) is 7.75. The lowest BCUT2D eigenvalue weighted by atomic mass is 10.0. The Kier molecular flexibility index (Phi) is 11.6. The third-order valence-electron chi connectivity index (χ3n) is 6.67. The van der Waals surface area contributed by atoms with Gasteiger partial charge in [-0.1, -0.05) is 66.7 Å². The van der Waals surface area contributed by atoms with Gasteiger partial charge in [-0.2, -0.15) is 11.8 Å². The molecule has 0 bridgehead atoms. The first-order valence-corrected chi connectivity index (χ1v) is 14.6. The summed E-state index contributed by atoms with van der Waals surface area (Å²) in [5.41, 5.74) is 4.06. The minimum Gasteiger partial charge on any atom is -0.467 e. The molecule has 4 rings (SSSR count). The van der Waals surface area contributed by atoms with Crippen LogP contribution in [0.5, 0.6) is 0 Å². The molecule has 0 spiro atoms. The van der Waals surface area contributed by atoms with Crippen molar-refractivity contribution < 1.29 is 34.0 Å². The minimum atomic E-state index is -0.838. The highest BCUT2D eigenvalue weighted by Crippen LogP contribution is 2.39. The second kappa shape index (κ2) is 15.6. The summed E-state index contributed by atoms with van der Waals surface area (Å²) in [4.78, 5) is 25.0. The van der Waals surface area contributed by atoms with Gasteiger partial charge in [-0.3, -0.25) is 0 Å². The highest BCUT2D eigenvalue weighted by Gasteiger charge is 2.32. The molecule has 1 fully saturated rings. The van der Waals surface area contributed by atoms with Gasteiger partial charge in [0, 0.05) is 35.6 Å². The summed E-state index contributed by atoms with van der Waals surface area (Å²) in [6, 6.07) is 22.9. The first kappa shape index (κ1) is 30.5. The van der Waals surface area contributed by atoms with Crippen molar-refractivity contribution in [2.45, 2.75) is 44.0 Å². The Hall–Kier alpha value is -3.41. The van der Waals surface area contributed by atoms with E-state index in [1.807, 2.05) is 66.7 Å². The Bertz CT molecular complexity index is 1240. The van der Waals surface area contributed by atoms with E-state index in [2.05, 4.69) is 10.6 Å². The van der Waals surface area contributed by atoms with E-state index in [0.29, 0.717) is 24.3 Å². The lowest BCUT2D eigenvalue weighted by Crippen LogP contribution is -2.45. The Morgan fingerprint density at radius 2 is 1.66 bits per heavy atom. The number of benzene rings is 3. The van der Waals surface area contributed by atoms with Crippen LogP contribution in [0.3, 0.4) is 0 Å². The van der Waals surface area contributed by atoms with Crippen molar-refractivity contribution in [3.8, 4) is 0 Å². The fourth-order valence-corrected chi connectivity index (χ4v) is 5.31. The monoisotopic (exact) mass is 580 g/mol. The number of thioether (sulfide) groups is 1. The van der Waals surface area contributed by atoms with Crippen LogP contribution in [-0.2, 0) is 32.0 Å². The molecular formula is C31H36N2O7S. The molecule has 1 aliphatic heterocycles. The van der Waals surface area contributed by atoms with Gasteiger partial charge in [0.25, 0.3) is 0 Å². The predicted octanol–water partition coefficient (Wildman–Crippen LogP) is 4.36. The molecule has 9 nitrogen and oxygen atoms in total. The van der Waals surface area contributed by atoms with Crippen molar-refractivity contribution in [3.05, 3.63) is 101 Å². The summed E-state index contributed by atoms with van der Waals surface area (Å²) < 4.78 is 17.5.